The molecule has 1 rings (SSSR count). The second-order valence-corrected chi connectivity index (χ2v) is 2.49. The third-order valence-corrected chi connectivity index (χ3v) is 1.79. The zero-order valence-electron chi connectivity index (χ0n) is 3.39. The van der Waals surface area contributed by atoms with E-state index in [1.54, 1.807) is 0 Å². The van der Waals surface area contributed by atoms with Crippen molar-refractivity contribution in [1.82, 2.24) is 0 Å². The number of hydrogen-bond donors (Lipinski definition) is 0. The molecule has 0 amide bonds. The topological polar surface area (TPSA) is 18.5 Å². The summed E-state index contributed by atoms with van der Waals surface area (Å²) < 4.78 is 9.88. The van der Waals surface area contributed by atoms with Gasteiger partial charge in [-0.1, -0.05) is 0 Å². The van der Waals surface area contributed by atoms with Gasteiger partial charge in [-0.3, -0.25) is 0 Å². The maximum atomic E-state index is 4.94. The molecule has 1 aliphatic rings. The van der Waals surface area contributed by atoms with Crippen LogP contribution in [0.15, 0.2) is 0 Å². The van der Waals surface area contributed by atoms with Crippen LogP contribution in [0.25, 0.3) is 0 Å². The van der Waals surface area contributed by atoms with E-state index in [9.17, 15) is 0 Å². The summed E-state index contributed by atoms with van der Waals surface area (Å²) in [4.78, 5) is 0. The van der Waals surface area contributed by atoms with Crippen molar-refractivity contribution in [2.45, 2.75) is 6.42 Å². The maximum absolute atomic E-state index is 4.94. The van der Waals surface area contributed by atoms with Crippen molar-refractivity contribution < 1.29 is 7.45 Å². The summed E-state index contributed by atoms with van der Waals surface area (Å²) in [6.07, 6.45) is 1.08. The van der Waals surface area contributed by atoms with Crippen LogP contribution in [0.4, 0.5) is 0 Å². The van der Waals surface area contributed by atoms with E-state index in [4.69, 9.17) is 7.45 Å². The standard InChI is InChI=1S/C3H6AsO2/c1-2-5-4-6-3-1/h1-3H2. The minimum atomic E-state index is -0.169. The Bertz CT molecular complexity index is 24.3. The summed E-state index contributed by atoms with van der Waals surface area (Å²) in [7, 11) is 0. The minimum absolute atomic E-state index is 0.169. The molecule has 0 unspecified atom stereocenters. The molecule has 1 radical (unpaired) electrons. The van der Waals surface area contributed by atoms with Gasteiger partial charge >= 0.3 is 43.5 Å². The summed E-state index contributed by atoms with van der Waals surface area (Å²) in [5.74, 6) is 0. The van der Waals surface area contributed by atoms with Crippen molar-refractivity contribution in [1.29, 1.82) is 0 Å². The summed E-state index contributed by atoms with van der Waals surface area (Å²) in [6.45, 7) is 1.83. The Balaban J connectivity index is 2.00. The zero-order valence-corrected chi connectivity index (χ0v) is 5.26. The third kappa shape index (κ3) is 1.29. The number of hydrogen-bond acceptors (Lipinski definition) is 2. The molecule has 0 spiro atoms. The molecule has 0 N–H and O–H groups in total. The van der Waals surface area contributed by atoms with E-state index in [2.05, 4.69) is 0 Å². The molecule has 3 heteroatoms. The van der Waals surface area contributed by atoms with Gasteiger partial charge in [0.25, 0.3) is 0 Å². The third-order valence-electron chi connectivity index (χ3n) is 0.577. The van der Waals surface area contributed by atoms with Crippen LogP contribution >= 0.6 is 0 Å². The fourth-order valence-electron chi connectivity index (χ4n) is 0.300. The van der Waals surface area contributed by atoms with Crippen molar-refractivity contribution >= 4 is 16.4 Å². The molecule has 35 valence electrons. The molecule has 0 aromatic heterocycles. The van der Waals surface area contributed by atoms with E-state index in [1.165, 1.54) is 0 Å². The molecule has 0 aromatic carbocycles. The molecule has 0 bridgehead atoms. The van der Waals surface area contributed by atoms with Crippen molar-refractivity contribution in [3.8, 4) is 0 Å². The van der Waals surface area contributed by atoms with Crippen LogP contribution in [0.1, 0.15) is 6.42 Å². The summed E-state index contributed by atoms with van der Waals surface area (Å²) >= 11 is -0.169. The van der Waals surface area contributed by atoms with Crippen molar-refractivity contribution in [2.24, 2.45) is 0 Å². The Morgan fingerprint density at radius 1 is 1.17 bits per heavy atom. The first-order valence-electron chi connectivity index (χ1n) is 1.94. The van der Waals surface area contributed by atoms with Crippen LogP contribution in [-0.4, -0.2) is 29.6 Å². The molecule has 6 heavy (non-hydrogen) atoms. The van der Waals surface area contributed by atoms with Gasteiger partial charge in [-0.25, -0.2) is 0 Å². The first-order valence-corrected chi connectivity index (χ1v) is 3.47. The van der Waals surface area contributed by atoms with E-state index >= 15 is 0 Å². The quantitative estimate of drug-likeness (QED) is 0.450. The van der Waals surface area contributed by atoms with Crippen LogP contribution in [0.2, 0.25) is 0 Å². The van der Waals surface area contributed by atoms with Gasteiger partial charge in [0.05, 0.1) is 0 Å². The predicted octanol–water partition coefficient (Wildman–Crippen LogP) is -0.0425. The Morgan fingerprint density at radius 2 is 1.83 bits per heavy atom. The Labute approximate surface area is 44.2 Å². The fourth-order valence-corrected chi connectivity index (χ4v) is 1.31. The van der Waals surface area contributed by atoms with Gasteiger partial charge in [0, 0.05) is 0 Å². The molecule has 0 aliphatic carbocycles. The van der Waals surface area contributed by atoms with Crippen molar-refractivity contribution in [2.75, 3.05) is 13.2 Å². The van der Waals surface area contributed by atoms with Crippen LogP contribution in [0, 0.1) is 0 Å². The molecule has 2 nitrogen and oxygen atoms in total. The molecule has 0 atom stereocenters. The molecule has 0 aromatic rings. The first kappa shape index (κ1) is 4.63. The molecule has 1 aliphatic heterocycles. The van der Waals surface area contributed by atoms with Crippen molar-refractivity contribution in [3.63, 3.8) is 0 Å². The SMILES string of the molecule is C1CO[As]OC1. The predicted molar refractivity (Wildman–Crippen MR) is 22.3 cm³/mol. The molecule has 0 saturated carbocycles. The van der Waals surface area contributed by atoms with Gasteiger partial charge in [0.2, 0.25) is 0 Å². The van der Waals surface area contributed by atoms with Crippen LogP contribution in [0.5, 0.6) is 0 Å². The molecular weight excluding hydrogens is 143 g/mol. The van der Waals surface area contributed by atoms with Gasteiger partial charge in [-0.15, -0.1) is 0 Å². The van der Waals surface area contributed by atoms with Gasteiger partial charge in [0.15, 0.2) is 0 Å². The summed E-state index contributed by atoms with van der Waals surface area (Å²) in [5, 5.41) is 0. The Morgan fingerprint density at radius 3 is 2.00 bits per heavy atom. The monoisotopic (exact) mass is 149 g/mol. The van der Waals surface area contributed by atoms with Crippen LogP contribution < -0.4 is 0 Å². The summed E-state index contributed by atoms with van der Waals surface area (Å²) in [6, 6.07) is 0. The second-order valence-electron chi connectivity index (χ2n) is 1.09. The number of rotatable bonds is 0. The normalized spacial score (nSPS) is 24.0. The average Bonchev–Trinajstić information content (AvgIpc) is 1.72. The Kier molecular flexibility index (Phi) is 2.02. The van der Waals surface area contributed by atoms with E-state index in [0.29, 0.717) is 0 Å². The first-order chi connectivity index (χ1) is 3.00. The van der Waals surface area contributed by atoms with Gasteiger partial charge in [-0.05, 0) is 0 Å². The van der Waals surface area contributed by atoms with Gasteiger partial charge in [-0.2, -0.15) is 0 Å². The van der Waals surface area contributed by atoms with Gasteiger partial charge in [0.1, 0.15) is 0 Å². The van der Waals surface area contributed by atoms with E-state index in [0.717, 1.165) is 19.6 Å². The molecular formula is C3H6AsO2. The van der Waals surface area contributed by atoms with Crippen molar-refractivity contribution in [3.05, 3.63) is 0 Å². The molecule has 1 fully saturated rings. The van der Waals surface area contributed by atoms with E-state index in [1.807, 2.05) is 0 Å². The van der Waals surface area contributed by atoms with E-state index < -0.39 is 0 Å². The van der Waals surface area contributed by atoms with E-state index in [-0.39, 0.29) is 16.4 Å². The zero-order chi connectivity index (χ0) is 4.24. The van der Waals surface area contributed by atoms with Crippen LogP contribution in [-0.2, 0) is 7.45 Å². The summed E-state index contributed by atoms with van der Waals surface area (Å²) in [5.41, 5.74) is 0. The second kappa shape index (κ2) is 2.62. The fraction of sp³-hybridized carbons (Fsp3) is 1.00. The molecule has 1 heterocycles. The van der Waals surface area contributed by atoms with Gasteiger partial charge < -0.3 is 0 Å². The average molecular weight is 149 g/mol. The Hall–Kier alpha value is 0.478. The van der Waals surface area contributed by atoms with Crippen LogP contribution in [0.3, 0.4) is 0 Å². The molecule has 1 saturated heterocycles.